The minimum absolute atomic E-state index is 0.0237. The lowest BCUT2D eigenvalue weighted by Gasteiger charge is -2.36. The van der Waals surface area contributed by atoms with E-state index in [4.69, 9.17) is 9.88 Å². The molecule has 0 saturated carbocycles. The van der Waals surface area contributed by atoms with Crippen molar-refractivity contribution in [2.75, 3.05) is 44.2 Å². The Bertz CT molecular complexity index is 926. The Labute approximate surface area is 167 Å². The number of primary sulfonamides is 1. The van der Waals surface area contributed by atoms with Crippen molar-refractivity contribution in [2.45, 2.75) is 11.1 Å². The average Bonchev–Trinajstić information content (AvgIpc) is 2.68. The minimum atomic E-state index is -4.35. The van der Waals surface area contributed by atoms with Gasteiger partial charge in [0, 0.05) is 38.4 Å². The van der Waals surface area contributed by atoms with Crippen molar-refractivity contribution in [1.82, 2.24) is 4.90 Å². The highest BCUT2D eigenvalue weighted by Crippen LogP contribution is 2.31. The molecule has 1 heterocycles. The third-order valence-corrected chi connectivity index (χ3v) is 5.67. The summed E-state index contributed by atoms with van der Waals surface area (Å²) in [4.78, 5) is 4.14. The fraction of sp³-hybridized carbons (Fsp3) is 0.368. The molecular weight excluding hydrogens is 407 g/mol. The number of rotatable bonds is 6. The van der Waals surface area contributed by atoms with Crippen molar-refractivity contribution in [3.8, 4) is 5.75 Å². The molecule has 2 aromatic carbocycles. The number of anilines is 1. The summed E-state index contributed by atoms with van der Waals surface area (Å²) in [5, 5.41) is 5.05. The number of nitrogens with two attached hydrogens (primary N) is 1. The van der Waals surface area contributed by atoms with Crippen molar-refractivity contribution < 1.29 is 26.3 Å². The van der Waals surface area contributed by atoms with Gasteiger partial charge in [-0.1, -0.05) is 6.07 Å². The van der Waals surface area contributed by atoms with Crippen LogP contribution in [0, 0.1) is 0 Å². The van der Waals surface area contributed by atoms with Crippen molar-refractivity contribution in [3.05, 3.63) is 54.1 Å². The van der Waals surface area contributed by atoms with Gasteiger partial charge in [-0.05, 0) is 42.5 Å². The zero-order valence-electron chi connectivity index (χ0n) is 15.6. The topological polar surface area (TPSA) is 75.9 Å². The van der Waals surface area contributed by atoms with Crippen LogP contribution in [-0.2, 0) is 16.2 Å². The van der Waals surface area contributed by atoms with Crippen molar-refractivity contribution in [2.24, 2.45) is 5.14 Å². The second-order valence-corrected chi connectivity index (χ2v) is 8.30. The van der Waals surface area contributed by atoms with Crippen molar-refractivity contribution in [3.63, 3.8) is 0 Å². The number of halogens is 3. The average molecular weight is 429 g/mol. The largest absolute Gasteiger partial charge is 0.492 e. The summed E-state index contributed by atoms with van der Waals surface area (Å²) in [6, 6.07) is 11.3. The van der Waals surface area contributed by atoms with E-state index in [-0.39, 0.29) is 4.90 Å². The Morgan fingerprint density at radius 2 is 1.66 bits per heavy atom. The molecule has 6 nitrogen and oxygen atoms in total. The lowest BCUT2D eigenvalue weighted by Crippen LogP contribution is -2.47. The quantitative estimate of drug-likeness (QED) is 0.764. The Morgan fingerprint density at radius 3 is 2.24 bits per heavy atom. The molecule has 2 aromatic rings. The maximum Gasteiger partial charge on any atom is 0.416 e. The van der Waals surface area contributed by atoms with E-state index in [0.717, 1.165) is 6.07 Å². The predicted molar refractivity (Wildman–Crippen MR) is 103 cm³/mol. The molecule has 158 valence electrons. The molecule has 0 bridgehead atoms. The molecule has 0 amide bonds. The van der Waals surface area contributed by atoms with Crippen LogP contribution in [0.3, 0.4) is 0 Å². The first-order chi connectivity index (χ1) is 13.6. The fourth-order valence-corrected chi connectivity index (χ4v) is 3.64. The summed E-state index contributed by atoms with van der Waals surface area (Å²) in [5.74, 6) is 0.542. The molecule has 1 aliphatic rings. The van der Waals surface area contributed by atoms with Gasteiger partial charge >= 0.3 is 6.18 Å². The van der Waals surface area contributed by atoms with Gasteiger partial charge in [-0.2, -0.15) is 13.2 Å². The highest BCUT2D eigenvalue weighted by molar-refractivity contribution is 7.89. The monoisotopic (exact) mass is 429 g/mol. The smallest absolute Gasteiger partial charge is 0.416 e. The molecule has 29 heavy (non-hydrogen) atoms. The van der Waals surface area contributed by atoms with Crippen LogP contribution in [0.1, 0.15) is 5.56 Å². The SMILES string of the molecule is NS(=O)(=O)c1ccc(OCCN2CCN(c3cccc(C(F)(F)F)c3)CC2)cc1. The number of hydrogen-bond acceptors (Lipinski definition) is 5. The summed E-state index contributed by atoms with van der Waals surface area (Å²) in [7, 11) is -3.73. The van der Waals surface area contributed by atoms with E-state index in [1.165, 1.54) is 24.3 Å². The molecule has 2 N–H and O–H groups in total. The number of ether oxygens (including phenoxy) is 1. The molecule has 1 fully saturated rings. The summed E-state index contributed by atoms with van der Waals surface area (Å²) < 4.78 is 66.7. The third kappa shape index (κ3) is 5.84. The van der Waals surface area contributed by atoms with Crippen molar-refractivity contribution in [1.29, 1.82) is 0 Å². The van der Waals surface area contributed by atoms with Gasteiger partial charge in [0.15, 0.2) is 0 Å². The van der Waals surface area contributed by atoms with Crippen LogP contribution in [-0.4, -0.2) is 52.6 Å². The minimum Gasteiger partial charge on any atom is -0.492 e. The van der Waals surface area contributed by atoms with E-state index in [0.29, 0.717) is 50.8 Å². The Balaban J connectivity index is 1.46. The number of hydrogen-bond donors (Lipinski definition) is 1. The van der Waals surface area contributed by atoms with Crippen LogP contribution in [0.25, 0.3) is 0 Å². The molecule has 1 saturated heterocycles. The lowest BCUT2D eigenvalue weighted by atomic mass is 10.1. The molecule has 10 heteroatoms. The van der Waals surface area contributed by atoms with Crippen LogP contribution in [0.4, 0.5) is 18.9 Å². The van der Waals surface area contributed by atoms with E-state index in [1.807, 2.05) is 4.90 Å². The molecular formula is C19H22F3N3O3S. The standard InChI is InChI=1S/C19H22F3N3O3S/c20-19(21,22)15-2-1-3-16(14-15)25-10-8-24(9-11-25)12-13-28-17-4-6-18(7-5-17)29(23,26)27/h1-7,14H,8-13H2,(H2,23,26,27). The van der Waals surface area contributed by atoms with Crippen LogP contribution in [0.2, 0.25) is 0 Å². The lowest BCUT2D eigenvalue weighted by molar-refractivity contribution is -0.137. The summed E-state index contributed by atoms with van der Waals surface area (Å²) >= 11 is 0. The van der Waals surface area contributed by atoms with Crippen LogP contribution in [0.5, 0.6) is 5.75 Å². The second kappa shape index (κ2) is 8.60. The highest BCUT2D eigenvalue weighted by atomic mass is 32.2. The van der Waals surface area contributed by atoms with E-state index in [1.54, 1.807) is 18.2 Å². The van der Waals surface area contributed by atoms with Crippen LogP contribution < -0.4 is 14.8 Å². The van der Waals surface area contributed by atoms with E-state index in [9.17, 15) is 21.6 Å². The zero-order chi connectivity index (χ0) is 21.1. The Hall–Kier alpha value is -2.30. The molecule has 0 aromatic heterocycles. The van der Waals surface area contributed by atoms with Gasteiger partial charge in [0.1, 0.15) is 12.4 Å². The number of nitrogens with zero attached hydrogens (tertiary/aromatic N) is 2. The Kier molecular flexibility index (Phi) is 6.35. The summed E-state index contributed by atoms with van der Waals surface area (Å²) in [6.07, 6.45) is -4.35. The summed E-state index contributed by atoms with van der Waals surface area (Å²) in [6.45, 7) is 3.76. The van der Waals surface area contributed by atoms with Gasteiger partial charge in [0.05, 0.1) is 10.5 Å². The molecule has 0 radical (unpaired) electrons. The van der Waals surface area contributed by atoms with Crippen LogP contribution in [0.15, 0.2) is 53.4 Å². The number of benzene rings is 2. The number of alkyl halides is 3. The molecule has 1 aliphatic heterocycles. The first kappa shape index (κ1) is 21.4. The molecule has 3 rings (SSSR count). The molecule has 0 atom stereocenters. The van der Waals surface area contributed by atoms with Gasteiger partial charge in [0.2, 0.25) is 10.0 Å². The van der Waals surface area contributed by atoms with Gasteiger partial charge < -0.3 is 9.64 Å². The first-order valence-electron chi connectivity index (χ1n) is 9.03. The van der Waals surface area contributed by atoms with E-state index >= 15 is 0 Å². The third-order valence-electron chi connectivity index (χ3n) is 4.74. The highest BCUT2D eigenvalue weighted by Gasteiger charge is 2.31. The normalized spacial score (nSPS) is 16.1. The maximum absolute atomic E-state index is 12.9. The predicted octanol–water partition coefficient (Wildman–Crippen LogP) is 2.55. The van der Waals surface area contributed by atoms with Gasteiger partial charge in [0.25, 0.3) is 0 Å². The first-order valence-corrected chi connectivity index (χ1v) is 10.6. The summed E-state index contributed by atoms with van der Waals surface area (Å²) in [5.41, 5.74) is -0.0649. The maximum atomic E-state index is 12.9. The number of sulfonamides is 1. The fourth-order valence-electron chi connectivity index (χ4n) is 3.13. The Morgan fingerprint density at radius 1 is 1.00 bits per heavy atom. The van der Waals surface area contributed by atoms with Crippen molar-refractivity contribution >= 4 is 15.7 Å². The van der Waals surface area contributed by atoms with E-state index in [2.05, 4.69) is 4.90 Å². The zero-order valence-corrected chi connectivity index (χ0v) is 16.4. The van der Waals surface area contributed by atoms with Gasteiger partial charge in [-0.25, -0.2) is 13.6 Å². The number of piperazine rings is 1. The molecule has 0 spiro atoms. The van der Waals surface area contributed by atoms with Gasteiger partial charge in [-0.15, -0.1) is 0 Å². The van der Waals surface area contributed by atoms with E-state index < -0.39 is 21.8 Å². The second-order valence-electron chi connectivity index (χ2n) is 6.74. The molecule has 0 aliphatic carbocycles. The van der Waals surface area contributed by atoms with Gasteiger partial charge in [-0.3, -0.25) is 4.90 Å². The molecule has 0 unspecified atom stereocenters. The van der Waals surface area contributed by atoms with Crippen LogP contribution >= 0.6 is 0 Å².